The Kier molecular flexibility index (Phi) is 4.65. The molecule has 0 aliphatic carbocycles. The first-order valence-electron chi connectivity index (χ1n) is 9.23. The zero-order chi connectivity index (χ0) is 19.7. The molecule has 1 saturated heterocycles. The van der Waals surface area contributed by atoms with E-state index in [-0.39, 0.29) is 24.0 Å². The normalized spacial score (nSPS) is 16.4. The molecule has 0 spiro atoms. The first kappa shape index (κ1) is 17.9. The molecular formula is C23H20N2O3. The summed E-state index contributed by atoms with van der Waals surface area (Å²) in [6, 6.07) is 20.6. The Morgan fingerprint density at radius 2 is 1.68 bits per heavy atom. The average Bonchev–Trinajstić information content (AvgIpc) is 3.09. The molecule has 2 amide bonds. The van der Waals surface area contributed by atoms with Crippen LogP contribution in [0.5, 0.6) is 0 Å². The number of hydrogen-bond donors (Lipinski definition) is 1. The molecule has 1 unspecified atom stereocenters. The van der Waals surface area contributed by atoms with Crippen molar-refractivity contribution in [1.29, 1.82) is 0 Å². The third-order valence-corrected chi connectivity index (χ3v) is 5.12. The van der Waals surface area contributed by atoms with Crippen LogP contribution in [-0.2, 0) is 9.59 Å². The van der Waals surface area contributed by atoms with Crippen LogP contribution in [0.15, 0.2) is 66.7 Å². The smallest absolute Gasteiger partial charge is 0.229 e. The van der Waals surface area contributed by atoms with Gasteiger partial charge in [-0.15, -0.1) is 0 Å². The number of benzene rings is 3. The summed E-state index contributed by atoms with van der Waals surface area (Å²) in [7, 11) is 0. The van der Waals surface area contributed by atoms with Crippen LogP contribution in [0.25, 0.3) is 10.8 Å². The number of nitrogens with one attached hydrogen (secondary N) is 1. The highest BCUT2D eigenvalue weighted by Gasteiger charge is 2.36. The van der Waals surface area contributed by atoms with Crippen LogP contribution in [0.2, 0.25) is 0 Å². The van der Waals surface area contributed by atoms with Crippen molar-refractivity contribution in [1.82, 2.24) is 0 Å². The number of Topliss-reactive ketones (excluding diaryl/α,β-unsaturated/α-hetero) is 1. The van der Waals surface area contributed by atoms with Gasteiger partial charge in [0.25, 0.3) is 0 Å². The van der Waals surface area contributed by atoms with E-state index in [0.717, 1.165) is 16.5 Å². The maximum atomic E-state index is 12.8. The second-order valence-corrected chi connectivity index (χ2v) is 6.99. The van der Waals surface area contributed by atoms with E-state index in [2.05, 4.69) is 5.32 Å². The SMILES string of the molecule is CC(=O)c1ccccc1NC(=O)C1CC(=O)N(c2cccc3ccccc23)C1. The van der Waals surface area contributed by atoms with Gasteiger partial charge in [-0.2, -0.15) is 0 Å². The van der Waals surface area contributed by atoms with Crippen molar-refractivity contribution in [3.05, 3.63) is 72.3 Å². The van der Waals surface area contributed by atoms with E-state index >= 15 is 0 Å². The number of anilines is 2. The minimum Gasteiger partial charge on any atom is -0.325 e. The molecule has 140 valence electrons. The number of carbonyl (C=O) groups is 3. The summed E-state index contributed by atoms with van der Waals surface area (Å²) in [6.45, 7) is 1.78. The standard InChI is InChI=1S/C23H20N2O3/c1-15(26)18-9-4-5-11-20(18)24-23(28)17-13-22(27)25(14-17)21-12-6-8-16-7-2-3-10-19(16)21/h2-12,17H,13-14H2,1H3,(H,24,28). The molecule has 1 aliphatic heterocycles. The van der Waals surface area contributed by atoms with E-state index in [1.807, 2.05) is 42.5 Å². The molecule has 5 nitrogen and oxygen atoms in total. The van der Waals surface area contributed by atoms with Crippen LogP contribution in [0.4, 0.5) is 11.4 Å². The predicted molar refractivity (Wildman–Crippen MR) is 109 cm³/mol. The topological polar surface area (TPSA) is 66.5 Å². The zero-order valence-electron chi connectivity index (χ0n) is 15.5. The fourth-order valence-corrected chi connectivity index (χ4v) is 3.69. The maximum absolute atomic E-state index is 12.8. The third kappa shape index (κ3) is 3.27. The van der Waals surface area contributed by atoms with Gasteiger partial charge in [-0.05, 0) is 30.5 Å². The Bertz CT molecular complexity index is 1080. The molecule has 3 aromatic rings. The van der Waals surface area contributed by atoms with Gasteiger partial charge in [0.2, 0.25) is 11.8 Å². The van der Waals surface area contributed by atoms with E-state index in [0.29, 0.717) is 17.8 Å². The van der Waals surface area contributed by atoms with E-state index in [9.17, 15) is 14.4 Å². The minimum atomic E-state index is -0.466. The van der Waals surface area contributed by atoms with Crippen LogP contribution in [-0.4, -0.2) is 24.1 Å². The van der Waals surface area contributed by atoms with Crippen LogP contribution < -0.4 is 10.2 Å². The third-order valence-electron chi connectivity index (χ3n) is 5.12. The van der Waals surface area contributed by atoms with Gasteiger partial charge < -0.3 is 10.2 Å². The second-order valence-electron chi connectivity index (χ2n) is 6.99. The van der Waals surface area contributed by atoms with Crippen molar-refractivity contribution in [2.75, 3.05) is 16.8 Å². The van der Waals surface area contributed by atoms with E-state index < -0.39 is 5.92 Å². The fraction of sp³-hybridized carbons (Fsp3) is 0.174. The van der Waals surface area contributed by atoms with E-state index in [1.54, 1.807) is 29.2 Å². The molecule has 0 aromatic heterocycles. The Hall–Kier alpha value is -3.47. The number of fused-ring (bicyclic) bond motifs is 1. The summed E-state index contributed by atoms with van der Waals surface area (Å²) in [5.74, 6) is -0.900. The molecule has 5 heteroatoms. The Morgan fingerprint density at radius 1 is 0.964 bits per heavy atom. The first-order valence-corrected chi connectivity index (χ1v) is 9.23. The number of rotatable bonds is 4. The molecule has 1 heterocycles. The minimum absolute atomic E-state index is 0.0728. The van der Waals surface area contributed by atoms with Gasteiger partial charge in [0.15, 0.2) is 5.78 Å². The van der Waals surface area contributed by atoms with Gasteiger partial charge in [-0.1, -0.05) is 48.5 Å². The van der Waals surface area contributed by atoms with Gasteiger partial charge in [-0.3, -0.25) is 14.4 Å². The molecular weight excluding hydrogens is 352 g/mol. The quantitative estimate of drug-likeness (QED) is 0.703. The lowest BCUT2D eigenvalue weighted by molar-refractivity contribution is -0.122. The van der Waals surface area contributed by atoms with E-state index in [4.69, 9.17) is 0 Å². The van der Waals surface area contributed by atoms with Crippen LogP contribution in [0.1, 0.15) is 23.7 Å². The second kappa shape index (κ2) is 7.27. The summed E-state index contributed by atoms with van der Waals surface area (Å²) in [6.07, 6.45) is 0.150. The molecule has 1 atom stereocenters. The molecule has 0 saturated carbocycles. The molecule has 28 heavy (non-hydrogen) atoms. The number of para-hydroxylation sites is 1. The highest BCUT2D eigenvalue weighted by molar-refractivity contribution is 6.09. The van der Waals surface area contributed by atoms with E-state index in [1.165, 1.54) is 6.92 Å². The lowest BCUT2D eigenvalue weighted by Gasteiger charge is -2.19. The maximum Gasteiger partial charge on any atom is 0.229 e. The van der Waals surface area contributed by atoms with Crippen molar-refractivity contribution < 1.29 is 14.4 Å². The zero-order valence-corrected chi connectivity index (χ0v) is 15.5. The van der Waals surface area contributed by atoms with Crippen LogP contribution in [0, 0.1) is 5.92 Å². The Balaban J connectivity index is 1.57. The van der Waals surface area contributed by atoms with Crippen molar-refractivity contribution in [3.63, 3.8) is 0 Å². The van der Waals surface area contributed by atoms with Gasteiger partial charge in [0.05, 0.1) is 17.3 Å². The van der Waals surface area contributed by atoms with Crippen LogP contribution >= 0.6 is 0 Å². The molecule has 0 bridgehead atoms. The summed E-state index contributed by atoms with van der Waals surface area (Å²) in [4.78, 5) is 38.9. The summed E-state index contributed by atoms with van der Waals surface area (Å²) in [5.41, 5.74) is 1.77. The summed E-state index contributed by atoms with van der Waals surface area (Å²) in [5, 5.41) is 4.86. The number of carbonyl (C=O) groups excluding carboxylic acids is 3. The monoisotopic (exact) mass is 372 g/mol. The molecule has 1 fully saturated rings. The molecule has 1 aliphatic rings. The highest BCUT2D eigenvalue weighted by Crippen LogP contribution is 2.32. The molecule has 3 aromatic carbocycles. The summed E-state index contributed by atoms with van der Waals surface area (Å²) >= 11 is 0. The molecule has 4 rings (SSSR count). The lowest BCUT2D eigenvalue weighted by atomic mass is 10.1. The van der Waals surface area contributed by atoms with Gasteiger partial charge >= 0.3 is 0 Å². The van der Waals surface area contributed by atoms with Gasteiger partial charge in [-0.25, -0.2) is 0 Å². The van der Waals surface area contributed by atoms with Gasteiger partial charge in [0.1, 0.15) is 0 Å². The number of amides is 2. The molecule has 0 radical (unpaired) electrons. The Labute approximate surface area is 163 Å². The highest BCUT2D eigenvalue weighted by atomic mass is 16.2. The first-order chi connectivity index (χ1) is 13.5. The van der Waals surface area contributed by atoms with Crippen molar-refractivity contribution >= 4 is 39.7 Å². The fourth-order valence-electron chi connectivity index (χ4n) is 3.69. The number of hydrogen-bond acceptors (Lipinski definition) is 3. The predicted octanol–water partition coefficient (Wildman–Crippen LogP) is 4.03. The Morgan fingerprint density at radius 3 is 2.50 bits per heavy atom. The molecule has 1 N–H and O–H groups in total. The van der Waals surface area contributed by atoms with Gasteiger partial charge in [0, 0.05) is 23.9 Å². The lowest BCUT2D eigenvalue weighted by Crippen LogP contribution is -2.28. The van der Waals surface area contributed by atoms with Crippen molar-refractivity contribution in [2.45, 2.75) is 13.3 Å². The summed E-state index contributed by atoms with van der Waals surface area (Å²) < 4.78 is 0. The van der Waals surface area contributed by atoms with Crippen molar-refractivity contribution in [3.8, 4) is 0 Å². The number of nitrogens with zero attached hydrogens (tertiary/aromatic N) is 1. The number of ketones is 1. The largest absolute Gasteiger partial charge is 0.325 e. The average molecular weight is 372 g/mol. The van der Waals surface area contributed by atoms with Crippen molar-refractivity contribution in [2.24, 2.45) is 5.92 Å². The van der Waals surface area contributed by atoms with Crippen LogP contribution in [0.3, 0.4) is 0 Å².